The number of ether oxygens (including phenoxy) is 2. The van der Waals surface area contributed by atoms with Gasteiger partial charge in [-0.3, -0.25) is 0 Å². The molecule has 0 radical (unpaired) electrons. The topological polar surface area (TPSA) is 44.5 Å². The molecule has 0 aliphatic heterocycles. The zero-order valence-electron chi connectivity index (χ0n) is 10.5. The van der Waals surface area contributed by atoms with E-state index >= 15 is 0 Å². The lowest BCUT2D eigenvalue weighted by Crippen LogP contribution is -2.31. The second-order valence-corrected chi connectivity index (χ2v) is 5.15. The number of hydrogen-bond donors (Lipinski definition) is 1. The molecule has 0 heterocycles. The fourth-order valence-corrected chi connectivity index (χ4v) is 2.13. The Morgan fingerprint density at radius 2 is 2.06 bits per heavy atom. The second-order valence-electron chi connectivity index (χ2n) is 4.24. The van der Waals surface area contributed by atoms with Gasteiger partial charge in [-0.25, -0.2) is 0 Å². The Morgan fingerprint density at radius 1 is 1.35 bits per heavy atom. The van der Waals surface area contributed by atoms with Crippen molar-refractivity contribution < 1.29 is 9.47 Å². The summed E-state index contributed by atoms with van der Waals surface area (Å²) in [6.07, 6.45) is -0.0902. The SMILES string of the molecule is COCC(C)OC(c1cccc(Br)c1)C(C)N. The minimum Gasteiger partial charge on any atom is -0.382 e. The summed E-state index contributed by atoms with van der Waals surface area (Å²) in [5, 5.41) is 0. The van der Waals surface area contributed by atoms with Gasteiger partial charge in [-0.15, -0.1) is 0 Å². The average Bonchev–Trinajstić information content (AvgIpc) is 2.26. The molecule has 1 aromatic carbocycles. The molecule has 3 unspecified atom stereocenters. The van der Waals surface area contributed by atoms with Gasteiger partial charge in [0, 0.05) is 17.6 Å². The van der Waals surface area contributed by atoms with Crippen LogP contribution < -0.4 is 5.73 Å². The van der Waals surface area contributed by atoms with Crippen LogP contribution in [0, 0.1) is 0 Å². The molecule has 96 valence electrons. The third-order valence-electron chi connectivity index (χ3n) is 2.44. The van der Waals surface area contributed by atoms with Crippen LogP contribution in [0.3, 0.4) is 0 Å². The zero-order chi connectivity index (χ0) is 12.8. The lowest BCUT2D eigenvalue weighted by molar-refractivity contribution is -0.0481. The number of halogens is 1. The van der Waals surface area contributed by atoms with Gasteiger partial charge in [0.1, 0.15) is 0 Å². The molecular formula is C13H20BrNO2. The molecule has 1 rings (SSSR count). The van der Waals surface area contributed by atoms with Crippen LogP contribution >= 0.6 is 15.9 Å². The monoisotopic (exact) mass is 301 g/mol. The molecule has 0 fully saturated rings. The van der Waals surface area contributed by atoms with Gasteiger partial charge in [-0.1, -0.05) is 28.1 Å². The molecule has 0 amide bonds. The first-order valence-electron chi connectivity index (χ1n) is 5.70. The van der Waals surface area contributed by atoms with Crippen molar-refractivity contribution >= 4 is 15.9 Å². The lowest BCUT2D eigenvalue weighted by atomic mass is 10.0. The predicted molar refractivity (Wildman–Crippen MR) is 73.0 cm³/mol. The van der Waals surface area contributed by atoms with Crippen LogP contribution in [0.15, 0.2) is 28.7 Å². The first-order valence-corrected chi connectivity index (χ1v) is 6.49. The molecule has 0 bridgehead atoms. The van der Waals surface area contributed by atoms with E-state index in [1.807, 2.05) is 38.1 Å². The van der Waals surface area contributed by atoms with E-state index in [1.54, 1.807) is 7.11 Å². The third-order valence-corrected chi connectivity index (χ3v) is 2.93. The normalized spacial score (nSPS) is 16.5. The summed E-state index contributed by atoms with van der Waals surface area (Å²) >= 11 is 3.46. The van der Waals surface area contributed by atoms with Gasteiger partial charge in [0.2, 0.25) is 0 Å². The minimum atomic E-state index is -0.113. The molecule has 0 aliphatic rings. The van der Waals surface area contributed by atoms with Gasteiger partial charge in [-0.05, 0) is 31.5 Å². The molecule has 0 aliphatic carbocycles. The second kappa shape index (κ2) is 7.11. The molecule has 0 saturated heterocycles. The van der Waals surface area contributed by atoms with E-state index in [1.165, 1.54) is 0 Å². The summed E-state index contributed by atoms with van der Waals surface area (Å²) in [7, 11) is 1.67. The summed E-state index contributed by atoms with van der Waals surface area (Å²) in [6, 6.07) is 7.97. The number of benzene rings is 1. The quantitative estimate of drug-likeness (QED) is 0.879. The largest absolute Gasteiger partial charge is 0.382 e. The molecular weight excluding hydrogens is 282 g/mol. The lowest BCUT2D eigenvalue weighted by Gasteiger charge is -2.25. The summed E-state index contributed by atoms with van der Waals surface area (Å²) in [4.78, 5) is 0. The number of methoxy groups -OCH3 is 1. The molecule has 1 aromatic rings. The van der Waals surface area contributed by atoms with Crippen LogP contribution in [-0.4, -0.2) is 25.9 Å². The standard InChI is InChI=1S/C13H20BrNO2/c1-9(8-16-3)17-13(10(2)15)11-5-4-6-12(14)7-11/h4-7,9-10,13H,8,15H2,1-3H3. The Labute approximate surface area is 111 Å². The Balaban J connectivity index is 2.79. The molecule has 0 aromatic heterocycles. The fourth-order valence-electron chi connectivity index (χ4n) is 1.71. The van der Waals surface area contributed by atoms with Crippen molar-refractivity contribution in [2.45, 2.75) is 32.1 Å². The van der Waals surface area contributed by atoms with E-state index < -0.39 is 0 Å². The predicted octanol–water partition coefficient (Wildman–Crippen LogP) is 2.89. The molecule has 2 N–H and O–H groups in total. The first-order chi connectivity index (χ1) is 8.04. The van der Waals surface area contributed by atoms with Crippen molar-refractivity contribution in [3.63, 3.8) is 0 Å². The van der Waals surface area contributed by atoms with E-state index in [-0.39, 0.29) is 18.2 Å². The highest BCUT2D eigenvalue weighted by molar-refractivity contribution is 9.10. The van der Waals surface area contributed by atoms with Crippen LogP contribution in [0.2, 0.25) is 0 Å². The highest BCUT2D eigenvalue weighted by atomic mass is 79.9. The summed E-state index contributed by atoms with van der Waals surface area (Å²) in [6.45, 7) is 4.50. The van der Waals surface area contributed by atoms with Gasteiger partial charge >= 0.3 is 0 Å². The zero-order valence-corrected chi connectivity index (χ0v) is 12.1. The van der Waals surface area contributed by atoms with Crippen LogP contribution in [0.1, 0.15) is 25.5 Å². The molecule has 0 spiro atoms. The van der Waals surface area contributed by atoms with E-state index in [0.717, 1.165) is 10.0 Å². The molecule has 3 nitrogen and oxygen atoms in total. The fraction of sp³-hybridized carbons (Fsp3) is 0.538. The van der Waals surface area contributed by atoms with Crippen LogP contribution in [0.5, 0.6) is 0 Å². The minimum absolute atomic E-state index is 0.0231. The molecule has 4 heteroatoms. The van der Waals surface area contributed by atoms with Crippen molar-refractivity contribution in [1.29, 1.82) is 0 Å². The summed E-state index contributed by atoms with van der Waals surface area (Å²) < 4.78 is 12.0. The maximum Gasteiger partial charge on any atom is 0.0978 e. The van der Waals surface area contributed by atoms with Crippen molar-refractivity contribution in [2.24, 2.45) is 5.73 Å². The Hall–Kier alpha value is -0.420. The van der Waals surface area contributed by atoms with Gasteiger partial charge in [0.25, 0.3) is 0 Å². The van der Waals surface area contributed by atoms with Crippen LogP contribution in [0.4, 0.5) is 0 Å². The Morgan fingerprint density at radius 3 is 2.59 bits per heavy atom. The smallest absolute Gasteiger partial charge is 0.0978 e. The third kappa shape index (κ3) is 4.76. The molecule has 3 atom stereocenters. The van der Waals surface area contributed by atoms with Crippen molar-refractivity contribution in [3.8, 4) is 0 Å². The van der Waals surface area contributed by atoms with Gasteiger partial charge in [0.05, 0.1) is 18.8 Å². The molecule has 0 saturated carbocycles. The highest BCUT2D eigenvalue weighted by Crippen LogP contribution is 2.24. The number of rotatable bonds is 6. The number of nitrogens with two attached hydrogens (primary N) is 1. The van der Waals surface area contributed by atoms with Gasteiger partial charge in [-0.2, -0.15) is 0 Å². The Kier molecular flexibility index (Phi) is 6.12. The summed E-state index contributed by atoms with van der Waals surface area (Å²) in [5.41, 5.74) is 7.06. The molecule has 17 heavy (non-hydrogen) atoms. The average molecular weight is 302 g/mol. The van der Waals surface area contributed by atoms with Crippen LogP contribution in [0.25, 0.3) is 0 Å². The Bertz CT molecular complexity index is 344. The first kappa shape index (κ1) is 14.6. The van der Waals surface area contributed by atoms with Gasteiger partial charge in [0.15, 0.2) is 0 Å². The van der Waals surface area contributed by atoms with Gasteiger partial charge < -0.3 is 15.2 Å². The van der Waals surface area contributed by atoms with E-state index in [4.69, 9.17) is 15.2 Å². The van der Waals surface area contributed by atoms with E-state index in [9.17, 15) is 0 Å². The maximum absolute atomic E-state index is 5.98. The summed E-state index contributed by atoms with van der Waals surface area (Å²) in [5.74, 6) is 0. The van der Waals surface area contributed by atoms with Crippen molar-refractivity contribution in [1.82, 2.24) is 0 Å². The van der Waals surface area contributed by atoms with E-state index in [0.29, 0.717) is 6.61 Å². The van der Waals surface area contributed by atoms with Crippen molar-refractivity contribution in [2.75, 3.05) is 13.7 Å². The highest BCUT2D eigenvalue weighted by Gasteiger charge is 2.19. The van der Waals surface area contributed by atoms with Crippen LogP contribution in [-0.2, 0) is 9.47 Å². The maximum atomic E-state index is 5.98. The number of hydrogen-bond acceptors (Lipinski definition) is 3. The van der Waals surface area contributed by atoms with E-state index in [2.05, 4.69) is 15.9 Å². The van der Waals surface area contributed by atoms with Crippen molar-refractivity contribution in [3.05, 3.63) is 34.3 Å².